The third kappa shape index (κ3) is 4.10. The Morgan fingerprint density at radius 3 is 2.52 bits per heavy atom. The second kappa shape index (κ2) is 8.67. The summed E-state index contributed by atoms with van der Waals surface area (Å²) in [5.41, 5.74) is 0.739. The molecule has 0 saturated heterocycles. The van der Waals surface area contributed by atoms with Crippen LogP contribution in [0.1, 0.15) is 40.0 Å². The van der Waals surface area contributed by atoms with Gasteiger partial charge in [0.2, 0.25) is 0 Å². The normalized spacial score (nSPS) is 11.1. The van der Waals surface area contributed by atoms with Crippen molar-refractivity contribution in [3.8, 4) is 0 Å². The lowest BCUT2D eigenvalue weighted by Gasteiger charge is -2.26. The molecule has 2 rings (SSSR count). The number of nitrogens with zero attached hydrogens (tertiary/aromatic N) is 6. The van der Waals surface area contributed by atoms with E-state index in [1.54, 1.807) is 10.7 Å². The quantitative estimate of drug-likeness (QED) is 0.675. The fraction of sp³-hybridized carbons (Fsp3) is 0.688. The van der Waals surface area contributed by atoms with Crippen molar-refractivity contribution in [3.63, 3.8) is 0 Å². The van der Waals surface area contributed by atoms with Gasteiger partial charge in [-0.05, 0) is 20.3 Å². The Morgan fingerprint density at radius 2 is 1.87 bits per heavy atom. The highest BCUT2D eigenvalue weighted by molar-refractivity contribution is 5.58. The Hall–Kier alpha value is -1.89. The van der Waals surface area contributed by atoms with Gasteiger partial charge in [0.05, 0.1) is 12.8 Å². The number of anilines is 2. The molecule has 0 aliphatic carbocycles. The fourth-order valence-corrected chi connectivity index (χ4v) is 2.74. The molecule has 0 aliphatic rings. The number of fused-ring (bicyclic) bond motifs is 1. The van der Waals surface area contributed by atoms with E-state index in [9.17, 15) is 5.11 Å². The molecule has 0 atom stereocenters. The molecule has 7 nitrogen and oxygen atoms in total. The molecule has 2 aromatic rings. The molecule has 7 heteroatoms. The second-order valence-electron chi connectivity index (χ2n) is 5.57. The maximum atomic E-state index is 9.44. The van der Waals surface area contributed by atoms with Gasteiger partial charge in [-0.25, -0.2) is 4.98 Å². The maximum Gasteiger partial charge on any atom is 0.179 e. The number of rotatable bonds is 10. The first-order chi connectivity index (χ1) is 11.2. The third-order valence-electron chi connectivity index (χ3n) is 4.05. The summed E-state index contributed by atoms with van der Waals surface area (Å²) in [7, 11) is 0. The zero-order chi connectivity index (χ0) is 16.7. The molecule has 2 heterocycles. The lowest BCUT2D eigenvalue weighted by Crippen LogP contribution is -2.31. The molecule has 0 unspecified atom stereocenters. The molecule has 0 amide bonds. The molecule has 0 spiro atoms. The van der Waals surface area contributed by atoms with E-state index in [-0.39, 0.29) is 6.61 Å². The van der Waals surface area contributed by atoms with Crippen LogP contribution in [-0.2, 0) is 0 Å². The summed E-state index contributed by atoms with van der Waals surface area (Å²) in [6.45, 7) is 9.83. The highest BCUT2D eigenvalue weighted by atomic mass is 16.3. The molecule has 1 N–H and O–H groups in total. The van der Waals surface area contributed by atoms with Gasteiger partial charge < -0.3 is 14.9 Å². The molecule has 0 bridgehead atoms. The van der Waals surface area contributed by atoms with Gasteiger partial charge in [0.15, 0.2) is 5.65 Å². The second-order valence-corrected chi connectivity index (χ2v) is 5.57. The van der Waals surface area contributed by atoms with Crippen LogP contribution in [0, 0.1) is 0 Å². The van der Waals surface area contributed by atoms with E-state index >= 15 is 0 Å². The first-order valence-electron chi connectivity index (χ1n) is 8.57. The molecule has 0 aromatic carbocycles. The van der Waals surface area contributed by atoms with Gasteiger partial charge in [-0.2, -0.15) is 4.52 Å². The van der Waals surface area contributed by atoms with Crippen molar-refractivity contribution in [1.29, 1.82) is 0 Å². The number of unbranched alkanes of at least 4 members (excludes halogenated alkanes) is 2. The monoisotopic (exact) mass is 320 g/mol. The summed E-state index contributed by atoms with van der Waals surface area (Å²) in [5, 5.41) is 17.6. The fourth-order valence-electron chi connectivity index (χ4n) is 2.74. The van der Waals surface area contributed by atoms with Crippen LogP contribution >= 0.6 is 0 Å². The van der Waals surface area contributed by atoms with E-state index in [2.05, 4.69) is 51.9 Å². The Bertz CT molecular complexity index is 595. The minimum Gasteiger partial charge on any atom is -0.395 e. The van der Waals surface area contributed by atoms with Gasteiger partial charge in [-0.3, -0.25) is 0 Å². The van der Waals surface area contributed by atoms with Crippen LogP contribution in [0.25, 0.3) is 5.65 Å². The van der Waals surface area contributed by atoms with Crippen LogP contribution in [0.2, 0.25) is 0 Å². The Labute approximate surface area is 137 Å². The number of aliphatic hydroxyl groups excluding tert-OH is 1. The van der Waals surface area contributed by atoms with E-state index in [1.807, 2.05) is 0 Å². The van der Waals surface area contributed by atoms with E-state index in [0.29, 0.717) is 6.54 Å². The van der Waals surface area contributed by atoms with Crippen molar-refractivity contribution < 1.29 is 5.11 Å². The predicted molar refractivity (Wildman–Crippen MR) is 93.2 cm³/mol. The van der Waals surface area contributed by atoms with Crippen molar-refractivity contribution in [2.45, 2.75) is 40.0 Å². The van der Waals surface area contributed by atoms with Crippen LogP contribution in [0.4, 0.5) is 11.6 Å². The van der Waals surface area contributed by atoms with Crippen molar-refractivity contribution in [2.75, 3.05) is 42.6 Å². The number of aliphatic hydroxyl groups is 1. The summed E-state index contributed by atoms with van der Waals surface area (Å²) in [6, 6.07) is 2.05. The van der Waals surface area contributed by atoms with Crippen LogP contribution in [0.3, 0.4) is 0 Å². The summed E-state index contributed by atoms with van der Waals surface area (Å²) in [6.07, 6.45) is 5.12. The van der Waals surface area contributed by atoms with Gasteiger partial charge in [0.25, 0.3) is 0 Å². The predicted octanol–water partition coefficient (Wildman–Crippen LogP) is 1.96. The first kappa shape index (κ1) is 17.5. The SMILES string of the molecule is CCCCCN(CCO)c1cc(N(CC)CC)nc2cnnn12. The molecule has 2 aromatic heterocycles. The maximum absolute atomic E-state index is 9.44. The molecule has 128 valence electrons. The standard InChI is InChI=1S/C16H28N6O/c1-4-7-8-9-21(10-11-23)16-12-14(20(5-2)6-3)18-15-13-17-19-22(15)16/h12-13,23H,4-11H2,1-3H3. The van der Waals surface area contributed by atoms with Crippen LogP contribution in [0.15, 0.2) is 12.3 Å². The average molecular weight is 320 g/mol. The smallest absolute Gasteiger partial charge is 0.179 e. The van der Waals surface area contributed by atoms with Crippen molar-refractivity contribution >= 4 is 17.3 Å². The number of hydrogen-bond donors (Lipinski definition) is 1. The first-order valence-corrected chi connectivity index (χ1v) is 8.57. The van der Waals surface area contributed by atoms with Crippen LogP contribution < -0.4 is 9.80 Å². The van der Waals surface area contributed by atoms with Crippen molar-refractivity contribution in [3.05, 3.63) is 12.3 Å². The highest BCUT2D eigenvalue weighted by Gasteiger charge is 2.16. The van der Waals surface area contributed by atoms with Crippen LogP contribution in [-0.4, -0.2) is 57.7 Å². The van der Waals surface area contributed by atoms with Crippen molar-refractivity contribution in [2.24, 2.45) is 0 Å². The Balaban J connectivity index is 2.39. The summed E-state index contributed by atoms with van der Waals surface area (Å²) >= 11 is 0. The van der Waals surface area contributed by atoms with E-state index in [4.69, 9.17) is 0 Å². The molecule has 0 saturated carbocycles. The molecular formula is C16H28N6O. The van der Waals surface area contributed by atoms with Crippen molar-refractivity contribution in [1.82, 2.24) is 19.8 Å². The summed E-state index contributed by atoms with van der Waals surface area (Å²) < 4.78 is 1.76. The Morgan fingerprint density at radius 1 is 1.09 bits per heavy atom. The largest absolute Gasteiger partial charge is 0.395 e. The topological polar surface area (TPSA) is 69.8 Å². The highest BCUT2D eigenvalue weighted by Crippen LogP contribution is 2.22. The van der Waals surface area contributed by atoms with Crippen LogP contribution in [0.5, 0.6) is 0 Å². The number of hydrogen-bond acceptors (Lipinski definition) is 6. The lowest BCUT2D eigenvalue weighted by atomic mass is 10.2. The van der Waals surface area contributed by atoms with Gasteiger partial charge in [0, 0.05) is 32.2 Å². The zero-order valence-electron chi connectivity index (χ0n) is 14.4. The average Bonchev–Trinajstić information content (AvgIpc) is 3.03. The van der Waals surface area contributed by atoms with E-state index in [0.717, 1.165) is 43.3 Å². The molecule has 0 aliphatic heterocycles. The molecule has 0 radical (unpaired) electrons. The zero-order valence-corrected chi connectivity index (χ0v) is 14.4. The summed E-state index contributed by atoms with van der Waals surface area (Å²) in [5.74, 6) is 1.87. The van der Waals surface area contributed by atoms with Gasteiger partial charge >= 0.3 is 0 Å². The number of aromatic nitrogens is 4. The molecule has 0 fully saturated rings. The Kier molecular flexibility index (Phi) is 6.58. The molecular weight excluding hydrogens is 292 g/mol. The third-order valence-corrected chi connectivity index (χ3v) is 4.05. The van der Waals surface area contributed by atoms with E-state index in [1.165, 1.54) is 12.8 Å². The minimum absolute atomic E-state index is 0.116. The van der Waals surface area contributed by atoms with Gasteiger partial charge in [-0.1, -0.05) is 25.0 Å². The summed E-state index contributed by atoms with van der Waals surface area (Å²) in [4.78, 5) is 9.03. The van der Waals surface area contributed by atoms with Gasteiger partial charge in [-0.15, -0.1) is 5.10 Å². The van der Waals surface area contributed by atoms with Gasteiger partial charge in [0.1, 0.15) is 11.6 Å². The van der Waals surface area contributed by atoms with E-state index < -0.39 is 0 Å². The lowest BCUT2D eigenvalue weighted by molar-refractivity contribution is 0.301. The minimum atomic E-state index is 0.116. The molecule has 23 heavy (non-hydrogen) atoms.